The first-order valence-corrected chi connectivity index (χ1v) is 6.93. The van der Waals surface area contributed by atoms with E-state index in [9.17, 15) is 5.26 Å². The van der Waals surface area contributed by atoms with Crippen LogP contribution in [0.5, 0.6) is 0 Å². The highest BCUT2D eigenvalue weighted by molar-refractivity contribution is 5.66. The van der Waals surface area contributed by atoms with Crippen LogP contribution in [0.2, 0.25) is 0 Å². The van der Waals surface area contributed by atoms with Gasteiger partial charge in [-0.15, -0.1) is 0 Å². The maximum atomic E-state index is 9.30. The van der Waals surface area contributed by atoms with E-state index in [1.165, 1.54) is 5.56 Å². The van der Waals surface area contributed by atoms with E-state index in [1.54, 1.807) is 0 Å². The molecule has 0 N–H and O–H groups in total. The standard InChI is InChI=1S/C17H21N3/c1-12(2)13-6-8-14(9-7-13)16-15(10-18)11-20(19-16)17(3,4)5/h6-9,11-12H,1-5H3. The van der Waals surface area contributed by atoms with E-state index in [1.807, 2.05) is 23.0 Å². The minimum Gasteiger partial charge on any atom is -0.265 e. The molecule has 3 nitrogen and oxygen atoms in total. The number of rotatable bonds is 2. The second-order valence-corrected chi connectivity index (χ2v) is 6.40. The maximum absolute atomic E-state index is 9.30. The highest BCUT2D eigenvalue weighted by atomic mass is 15.3. The number of nitriles is 1. The minimum atomic E-state index is -0.123. The Morgan fingerprint density at radius 2 is 1.75 bits per heavy atom. The Balaban J connectivity index is 2.47. The summed E-state index contributed by atoms with van der Waals surface area (Å²) in [6.07, 6.45) is 1.83. The molecule has 20 heavy (non-hydrogen) atoms. The molecule has 0 aliphatic rings. The van der Waals surface area contributed by atoms with E-state index >= 15 is 0 Å². The molecule has 1 aromatic heterocycles. The van der Waals surface area contributed by atoms with Crippen molar-refractivity contribution in [1.82, 2.24) is 9.78 Å². The number of hydrogen-bond acceptors (Lipinski definition) is 2. The van der Waals surface area contributed by atoms with Gasteiger partial charge in [-0.2, -0.15) is 10.4 Å². The van der Waals surface area contributed by atoms with Gasteiger partial charge in [0.15, 0.2) is 0 Å². The van der Waals surface area contributed by atoms with Gasteiger partial charge in [0.25, 0.3) is 0 Å². The molecule has 0 unspecified atom stereocenters. The van der Waals surface area contributed by atoms with Crippen LogP contribution < -0.4 is 0 Å². The van der Waals surface area contributed by atoms with Gasteiger partial charge in [-0.05, 0) is 32.3 Å². The van der Waals surface area contributed by atoms with Gasteiger partial charge in [0.05, 0.1) is 11.1 Å². The fourth-order valence-electron chi connectivity index (χ4n) is 2.04. The van der Waals surface area contributed by atoms with Crippen LogP contribution >= 0.6 is 0 Å². The molecule has 0 bridgehead atoms. The van der Waals surface area contributed by atoms with Crippen LogP contribution in [0.3, 0.4) is 0 Å². The largest absolute Gasteiger partial charge is 0.265 e. The van der Waals surface area contributed by atoms with Crippen LogP contribution in [-0.2, 0) is 5.54 Å². The summed E-state index contributed by atoms with van der Waals surface area (Å²) in [6.45, 7) is 10.6. The monoisotopic (exact) mass is 267 g/mol. The molecule has 0 atom stereocenters. The number of hydrogen-bond donors (Lipinski definition) is 0. The second-order valence-electron chi connectivity index (χ2n) is 6.40. The van der Waals surface area contributed by atoms with Crippen LogP contribution in [0.1, 0.15) is 51.7 Å². The number of nitrogens with zero attached hydrogens (tertiary/aromatic N) is 3. The topological polar surface area (TPSA) is 41.6 Å². The summed E-state index contributed by atoms with van der Waals surface area (Å²) in [7, 11) is 0. The van der Waals surface area contributed by atoms with Crippen LogP contribution in [0.15, 0.2) is 30.5 Å². The fourth-order valence-corrected chi connectivity index (χ4v) is 2.04. The predicted octanol–water partition coefficient (Wildman–Crippen LogP) is 4.30. The summed E-state index contributed by atoms with van der Waals surface area (Å²) in [5, 5.41) is 13.9. The first-order chi connectivity index (χ1) is 9.32. The number of aromatic nitrogens is 2. The molecule has 0 radical (unpaired) electrons. The average molecular weight is 267 g/mol. The normalized spacial score (nSPS) is 11.7. The lowest BCUT2D eigenvalue weighted by Gasteiger charge is -2.18. The lowest BCUT2D eigenvalue weighted by atomic mass is 10.00. The predicted molar refractivity (Wildman–Crippen MR) is 81.5 cm³/mol. The Labute approximate surface area is 120 Å². The third-order valence-corrected chi connectivity index (χ3v) is 3.37. The third kappa shape index (κ3) is 2.75. The van der Waals surface area contributed by atoms with Gasteiger partial charge in [-0.25, -0.2) is 0 Å². The minimum absolute atomic E-state index is 0.123. The van der Waals surface area contributed by atoms with Crippen LogP contribution in [-0.4, -0.2) is 9.78 Å². The fraction of sp³-hybridized carbons (Fsp3) is 0.412. The van der Waals surface area contributed by atoms with E-state index in [2.05, 4.69) is 57.9 Å². The zero-order valence-corrected chi connectivity index (χ0v) is 12.8. The molecule has 1 aromatic carbocycles. The zero-order chi connectivity index (χ0) is 14.9. The smallest absolute Gasteiger partial charge is 0.110 e. The molecule has 104 valence electrons. The lowest BCUT2D eigenvalue weighted by molar-refractivity contribution is 0.356. The van der Waals surface area contributed by atoms with Crippen LogP contribution in [0.4, 0.5) is 0 Å². The Morgan fingerprint density at radius 3 is 2.20 bits per heavy atom. The summed E-state index contributed by atoms with van der Waals surface area (Å²) < 4.78 is 1.86. The average Bonchev–Trinajstić information content (AvgIpc) is 2.82. The second kappa shape index (κ2) is 5.13. The van der Waals surface area contributed by atoms with E-state index in [0.29, 0.717) is 11.5 Å². The van der Waals surface area contributed by atoms with E-state index in [0.717, 1.165) is 11.3 Å². The number of benzene rings is 1. The molecule has 0 aliphatic heterocycles. The molecule has 0 saturated carbocycles. The van der Waals surface area contributed by atoms with Crippen molar-refractivity contribution in [3.63, 3.8) is 0 Å². The third-order valence-electron chi connectivity index (χ3n) is 3.37. The molecule has 3 heteroatoms. The highest BCUT2D eigenvalue weighted by Crippen LogP contribution is 2.26. The Bertz CT molecular complexity index is 634. The quantitative estimate of drug-likeness (QED) is 0.814. The van der Waals surface area contributed by atoms with E-state index < -0.39 is 0 Å². The van der Waals surface area contributed by atoms with Gasteiger partial charge < -0.3 is 0 Å². The van der Waals surface area contributed by atoms with E-state index in [-0.39, 0.29) is 5.54 Å². The van der Waals surface area contributed by atoms with Gasteiger partial charge in [-0.1, -0.05) is 38.1 Å². The van der Waals surface area contributed by atoms with Crippen molar-refractivity contribution in [2.75, 3.05) is 0 Å². The van der Waals surface area contributed by atoms with Crippen molar-refractivity contribution < 1.29 is 0 Å². The summed E-state index contributed by atoms with van der Waals surface area (Å²) in [6, 6.07) is 10.6. The molecule has 0 fully saturated rings. The molecule has 2 aromatic rings. The molecule has 0 aliphatic carbocycles. The van der Waals surface area contributed by atoms with Crippen molar-refractivity contribution in [1.29, 1.82) is 5.26 Å². The van der Waals surface area contributed by atoms with Gasteiger partial charge in [0.1, 0.15) is 11.8 Å². The molecule has 0 amide bonds. The zero-order valence-electron chi connectivity index (χ0n) is 12.8. The summed E-state index contributed by atoms with van der Waals surface area (Å²) in [5.74, 6) is 0.506. The van der Waals surface area contributed by atoms with E-state index in [4.69, 9.17) is 0 Å². The lowest BCUT2D eigenvalue weighted by Crippen LogP contribution is -2.22. The summed E-state index contributed by atoms with van der Waals surface area (Å²) >= 11 is 0. The molecule has 2 rings (SSSR count). The Morgan fingerprint density at radius 1 is 1.15 bits per heavy atom. The molecule has 0 saturated heterocycles. The Kier molecular flexibility index (Phi) is 3.67. The Hall–Kier alpha value is -2.08. The highest BCUT2D eigenvalue weighted by Gasteiger charge is 2.18. The first-order valence-electron chi connectivity index (χ1n) is 6.93. The molecule has 0 spiro atoms. The maximum Gasteiger partial charge on any atom is 0.110 e. The summed E-state index contributed by atoms with van der Waals surface area (Å²) in [4.78, 5) is 0. The summed E-state index contributed by atoms with van der Waals surface area (Å²) in [5.41, 5.74) is 3.55. The van der Waals surface area contributed by atoms with Crippen molar-refractivity contribution >= 4 is 0 Å². The van der Waals surface area contributed by atoms with Crippen LogP contribution in [0.25, 0.3) is 11.3 Å². The molecular formula is C17H21N3. The van der Waals surface area contributed by atoms with Gasteiger partial charge >= 0.3 is 0 Å². The van der Waals surface area contributed by atoms with Crippen molar-refractivity contribution in [2.24, 2.45) is 0 Å². The van der Waals surface area contributed by atoms with Crippen molar-refractivity contribution in [3.8, 4) is 17.3 Å². The first kappa shape index (κ1) is 14.3. The molecular weight excluding hydrogens is 246 g/mol. The van der Waals surface area contributed by atoms with Gasteiger partial charge in [0, 0.05) is 11.8 Å². The van der Waals surface area contributed by atoms with Crippen molar-refractivity contribution in [3.05, 3.63) is 41.6 Å². The molecule has 1 heterocycles. The SMILES string of the molecule is CC(C)c1ccc(-c2nn(C(C)(C)C)cc2C#N)cc1. The van der Waals surface area contributed by atoms with Gasteiger partial charge in [-0.3, -0.25) is 4.68 Å². The van der Waals surface area contributed by atoms with Gasteiger partial charge in [0.2, 0.25) is 0 Å². The van der Waals surface area contributed by atoms with Crippen LogP contribution in [0, 0.1) is 11.3 Å². The van der Waals surface area contributed by atoms with Crippen molar-refractivity contribution in [2.45, 2.75) is 46.1 Å².